The van der Waals surface area contributed by atoms with Gasteiger partial charge < -0.3 is 15.6 Å². The number of imidazole rings is 1. The number of aliphatic hydroxyl groups is 1. The normalized spacial score (nSPS) is 13.5. The lowest BCUT2D eigenvalue weighted by Crippen LogP contribution is -2.47. The van der Waals surface area contributed by atoms with E-state index in [0.717, 1.165) is 22.8 Å². The minimum Gasteiger partial charge on any atom is -0.488 e. The number of hydrogen-bond acceptors (Lipinski definition) is 3. The second-order valence-corrected chi connectivity index (χ2v) is 8.76. The van der Waals surface area contributed by atoms with Crippen molar-refractivity contribution >= 4 is 0 Å². The summed E-state index contributed by atoms with van der Waals surface area (Å²) in [4.78, 5) is 3.03. The van der Waals surface area contributed by atoms with Gasteiger partial charge in [-0.25, -0.2) is 9.55 Å². The van der Waals surface area contributed by atoms with Crippen LogP contribution in [0.5, 0.6) is 5.75 Å². The zero-order chi connectivity index (χ0) is 25.2. The number of aryl methyl sites for hydroxylation is 1. The molecule has 3 aromatic carbocycles. The van der Waals surface area contributed by atoms with Gasteiger partial charge in [0, 0.05) is 5.56 Å². The Kier molecular flexibility index (Phi) is 6.69. The highest BCUT2D eigenvalue weighted by Crippen LogP contribution is 2.39. The van der Waals surface area contributed by atoms with Crippen molar-refractivity contribution in [3.8, 4) is 28.1 Å². The van der Waals surface area contributed by atoms with Crippen LogP contribution in [0.25, 0.3) is 22.4 Å². The topological polar surface area (TPSA) is 75.2 Å². The van der Waals surface area contributed by atoms with E-state index in [1.165, 1.54) is 6.07 Å². The second-order valence-electron chi connectivity index (χ2n) is 8.76. The molecule has 0 aliphatic carbocycles. The van der Waals surface area contributed by atoms with Crippen molar-refractivity contribution < 1.29 is 27.6 Å². The molecule has 0 unspecified atom stereocenters. The van der Waals surface area contributed by atoms with Crippen LogP contribution in [0.1, 0.15) is 23.9 Å². The van der Waals surface area contributed by atoms with Crippen molar-refractivity contribution in [2.75, 3.05) is 6.61 Å². The number of nitrogens with one attached hydrogen (secondary N) is 1. The van der Waals surface area contributed by atoms with Crippen LogP contribution in [0.15, 0.2) is 79.0 Å². The molecule has 4 rings (SSSR count). The summed E-state index contributed by atoms with van der Waals surface area (Å²) < 4.78 is 48.9. The fourth-order valence-electron chi connectivity index (χ4n) is 3.90. The second kappa shape index (κ2) is 9.56. The molecular formula is C27H27F3N3O2+. The first-order valence-electron chi connectivity index (χ1n) is 11.1. The molecule has 0 amide bonds. The van der Waals surface area contributed by atoms with Crippen LogP contribution >= 0.6 is 0 Å². The number of aromatic amines is 1. The van der Waals surface area contributed by atoms with E-state index in [1.807, 2.05) is 54.6 Å². The molecule has 1 heterocycles. The van der Waals surface area contributed by atoms with Crippen molar-refractivity contribution in [2.24, 2.45) is 12.8 Å². The average molecular weight is 483 g/mol. The number of aromatic nitrogens is 2. The molecule has 1 atom stereocenters. The fourth-order valence-corrected chi connectivity index (χ4v) is 3.90. The Morgan fingerprint density at radius 2 is 1.57 bits per heavy atom. The van der Waals surface area contributed by atoms with Crippen LogP contribution in [-0.2, 0) is 25.4 Å². The highest BCUT2D eigenvalue weighted by atomic mass is 19.4. The summed E-state index contributed by atoms with van der Waals surface area (Å²) in [7, 11) is 1.71. The van der Waals surface area contributed by atoms with Gasteiger partial charge in [0.05, 0.1) is 19.2 Å². The summed E-state index contributed by atoms with van der Waals surface area (Å²) in [5.41, 5.74) is 7.76. The average Bonchev–Trinajstić information content (AvgIpc) is 3.25. The highest BCUT2D eigenvalue weighted by molar-refractivity contribution is 5.64. The van der Waals surface area contributed by atoms with E-state index in [4.69, 9.17) is 10.5 Å². The number of nitrogens with two attached hydrogens (primary N) is 1. The number of rotatable bonds is 7. The molecule has 0 radical (unpaired) electrons. The third-order valence-corrected chi connectivity index (χ3v) is 5.85. The molecule has 1 aromatic heterocycles. The summed E-state index contributed by atoms with van der Waals surface area (Å²) in [6.45, 7) is 1.31. The summed E-state index contributed by atoms with van der Waals surface area (Å²) in [5.74, 6) is 0.242. The van der Waals surface area contributed by atoms with Crippen molar-refractivity contribution in [1.82, 2.24) is 4.98 Å². The quantitative estimate of drug-likeness (QED) is 0.327. The van der Waals surface area contributed by atoms with Gasteiger partial charge in [-0.3, -0.25) is 0 Å². The fraction of sp³-hybridized carbons (Fsp3) is 0.222. The maximum absolute atomic E-state index is 13.9. The maximum atomic E-state index is 13.9. The van der Waals surface area contributed by atoms with E-state index in [-0.39, 0.29) is 19.0 Å². The smallest absolute Gasteiger partial charge is 0.419 e. The Balaban J connectivity index is 1.57. The van der Waals surface area contributed by atoms with Crippen LogP contribution in [0.3, 0.4) is 0 Å². The minimum atomic E-state index is -4.60. The largest absolute Gasteiger partial charge is 0.488 e. The zero-order valence-corrected chi connectivity index (χ0v) is 19.4. The number of benzene rings is 3. The Morgan fingerprint density at radius 3 is 2.20 bits per heavy atom. The minimum absolute atomic E-state index is 0.00113. The molecule has 0 aliphatic heterocycles. The summed E-state index contributed by atoms with van der Waals surface area (Å²) in [6, 6.07) is 21.3. The van der Waals surface area contributed by atoms with Crippen LogP contribution in [0.4, 0.5) is 13.2 Å². The van der Waals surface area contributed by atoms with Gasteiger partial charge in [0.1, 0.15) is 24.1 Å². The van der Waals surface area contributed by atoms with E-state index >= 15 is 0 Å². The monoisotopic (exact) mass is 482 g/mol. The highest BCUT2D eigenvalue weighted by Gasteiger charge is 2.36. The number of halogens is 3. The van der Waals surface area contributed by atoms with Gasteiger partial charge in [0.15, 0.2) is 5.69 Å². The van der Waals surface area contributed by atoms with E-state index < -0.39 is 17.3 Å². The van der Waals surface area contributed by atoms with Crippen LogP contribution in [0.2, 0.25) is 0 Å². The number of nitrogens with zero attached hydrogens (tertiary/aromatic N) is 1. The third kappa shape index (κ3) is 5.39. The Bertz CT molecular complexity index is 1300. The molecule has 4 N–H and O–H groups in total. The predicted molar refractivity (Wildman–Crippen MR) is 127 cm³/mol. The number of H-pyrrole nitrogens is 1. The number of aliphatic hydroxyl groups excluding tert-OH is 1. The van der Waals surface area contributed by atoms with Crippen LogP contribution in [-0.4, -0.2) is 16.7 Å². The van der Waals surface area contributed by atoms with Gasteiger partial charge in [0.25, 0.3) is 5.82 Å². The Morgan fingerprint density at radius 1 is 0.943 bits per heavy atom. The molecule has 0 saturated heterocycles. The van der Waals surface area contributed by atoms with E-state index in [0.29, 0.717) is 17.1 Å². The van der Waals surface area contributed by atoms with E-state index in [2.05, 4.69) is 4.98 Å². The van der Waals surface area contributed by atoms with E-state index in [9.17, 15) is 18.3 Å². The van der Waals surface area contributed by atoms with Crippen molar-refractivity contribution in [2.45, 2.75) is 25.2 Å². The van der Waals surface area contributed by atoms with Crippen molar-refractivity contribution in [1.29, 1.82) is 0 Å². The third-order valence-electron chi connectivity index (χ3n) is 5.85. The molecule has 0 spiro atoms. The summed E-state index contributed by atoms with van der Waals surface area (Å²) >= 11 is 0. The molecular weight excluding hydrogens is 455 g/mol. The van der Waals surface area contributed by atoms with Gasteiger partial charge in [0.2, 0.25) is 0 Å². The SMILES string of the molecule is C[n+]1cc(-c2ccc(OCc3ccc(-c4ccccc4)cc3)c(C(F)(F)F)c2)[nH]c1[C@@](C)(N)CO. The van der Waals surface area contributed by atoms with Crippen LogP contribution in [0, 0.1) is 0 Å². The lowest BCUT2D eigenvalue weighted by molar-refractivity contribution is -0.681. The first kappa shape index (κ1) is 24.5. The maximum Gasteiger partial charge on any atom is 0.419 e. The Hall–Kier alpha value is -3.62. The van der Waals surface area contributed by atoms with Crippen molar-refractivity contribution in [3.63, 3.8) is 0 Å². The van der Waals surface area contributed by atoms with Gasteiger partial charge in [-0.15, -0.1) is 0 Å². The number of hydrogen-bond donors (Lipinski definition) is 3. The molecule has 0 aliphatic rings. The number of alkyl halides is 3. The summed E-state index contributed by atoms with van der Waals surface area (Å²) in [5, 5.41) is 9.54. The first-order valence-corrected chi connectivity index (χ1v) is 11.1. The number of ether oxygens (including phenoxy) is 1. The summed E-state index contributed by atoms with van der Waals surface area (Å²) in [6.07, 6.45) is -2.96. The van der Waals surface area contributed by atoms with Gasteiger partial charge in [-0.05, 0) is 41.8 Å². The molecule has 4 aromatic rings. The Labute approximate surface area is 201 Å². The first-order chi connectivity index (χ1) is 16.6. The van der Waals surface area contributed by atoms with Gasteiger partial charge >= 0.3 is 6.18 Å². The standard InChI is InChI=1S/C27H26F3N3O2/c1-26(31,17-34)25-32-23(15-33(25)2)21-12-13-24(22(14-21)27(28,29)30)35-16-18-8-10-20(11-9-18)19-6-4-3-5-7-19/h3-15,34H,16-17,31H2,1-2H3/p+1/t26-/m0/s1. The lowest BCUT2D eigenvalue weighted by atomic mass is 10.0. The van der Waals surface area contributed by atoms with Crippen molar-refractivity contribution in [3.05, 3.63) is 95.9 Å². The molecule has 0 saturated carbocycles. The van der Waals surface area contributed by atoms with E-state index in [1.54, 1.807) is 30.8 Å². The predicted octanol–water partition coefficient (Wildman–Crippen LogP) is 4.94. The van der Waals surface area contributed by atoms with Gasteiger partial charge in [-0.2, -0.15) is 13.2 Å². The molecule has 35 heavy (non-hydrogen) atoms. The zero-order valence-electron chi connectivity index (χ0n) is 19.4. The molecule has 8 heteroatoms. The molecule has 182 valence electrons. The molecule has 5 nitrogen and oxygen atoms in total. The lowest BCUT2D eigenvalue weighted by Gasteiger charge is -2.16. The van der Waals surface area contributed by atoms with Crippen LogP contribution < -0.4 is 15.0 Å². The molecule has 0 bridgehead atoms. The molecule has 0 fully saturated rings. The van der Waals surface area contributed by atoms with Gasteiger partial charge in [-0.1, -0.05) is 54.6 Å².